The molecule has 0 bridgehead atoms. The molecule has 19 heavy (non-hydrogen) atoms. The van der Waals surface area contributed by atoms with Crippen molar-refractivity contribution in [3.63, 3.8) is 0 Å². The number of amides is 1. The Balaban J connectivity index is 2.50. The van der Waals surface area contributed by atoms with Gasteiger partial charge in [-0.3, -0.25) is 4.79 Å². The lowest BCUT2D eigenvalue weighted by Crippen LogP contribution is -2.38. The summed E-state index contributed by atoms with van der Waals surface area (Å²) in [7, 11) is 1.58. The second-order valence-corrected chi connectivity index (χ2v) is 4.48. The highest BCUT2D eigenvalue weighted by Crippen LogP contribution is 2.19. The molecule has 0 aliphatic carbocycles. The van der Waals surface area contributed by atoms with Crippen LogP contribution in [0.2, 0.25) is 0 Å². The number of hydrogen-bond acceptors (Lipinski definition) is 4. The topological polar surface area (TPSA) is 67.8 Å². The molecular formula is C14H21NO4. The van der Waals surface area contributed by atoms with Crippen molar-refractivity contribution >= 4 is 5.91 Å². The number of aliphatic hydroxyl groups is 1. The van der Waals surface area contributed by atoms with E-state index in [1.165, 1.54) is 0 Å². The summed E-state index contributed by atoms with van der Waals surface area (Å²) in [4.78, 5) is 11.6. The largest absolute Gasteiger partial charge is 0.483 e. The second kappa shape index (κ2) is 7.76. The summed E-state index contributed by atoms with van der Waals surface area (Å²) in [5.41, 5.74) is 1.72. The van der Waals surface area contributed by atoms with Gasteiger partial charge in [-0.1, -0.05) is 17.7 Å². The Morgan fingerprint density at radius 1 is 1.47 bits per heavy atom. The third kappa shape index (κ3) is 5.28. The maximum absolute atomic E-state index is 11.6. The van der Waals surface area contributed by atoms with Crippen molar-refractivity contribution in [1.82, 2.24) is 5.32 Å². The van der Waals surface area contributed by atoms with Gasteiger partial charge in [0.1, 0.15) is 5.75 Å². The van der Waals surface area contributed by atoms with Gasteiger partial charge in [0.05, 0.1) is 13.2 Å². The van der Waals surface area contributed by atoms with E-state index in [1.54, 1.807) is 13.2 Å². The van der Waals surface area contributed by atoms with Crippen molar-refractivity contribution in [3.8, 4) is 5.75 Å². The first-order valence-corrected chi connectivity index (χ1v) is 6.18. The normalized spacial score (nSPS) is 12.0. The Hall–Kier alpha value is -1.59. The molecule has 0 saturated heterocycles. The van der Waals surface area contributed by atoms with Gasteiger partial charge in [0.25, 0.3) is 5.91 Å². The van der Waals surface area contributed by atoms with Crippen LogP contribution in [0.25, 0.3) is 0 Å². The maximum Gasteiger partial charge on any atom is 0.258 e. The van der Waals surface area contributed by atoms with E-state index in [4.69, 9.17) is 9.47 Å². The van der Waals surface area contributed by atoms with Gasteiger partial charge in [-0.15, -0.1) is 0 Å². The Kier molecular flexibility index (Phi) is 6.32. The molecule has 1 aromatic carbocycles. The zero-order valence-corrected chi connectivity index (χ0v) is 11.6. The molecule has 0 aliphatic heterocycles. The van der Waals surface area contributed by atoms with E-state index in [-0.39, 0.29) is 25.2 Å². The highest BCUT2D eigenvalue weighted by atomic mass is 16.5. The summed E-state index contributed by atoms with van der Waals surface area (Å²) in [5, 5.41) is 12.0. The molecule has 1 aromatic rings. The third-order valence-electron chi connectivity index (χ3n) is 2.57. The lowest BCUT2D eigenvalue weighted by atomic mass is 10.1. The van der Waals surface area contributed by atoms with Crippen molar-refractivity contribution in [2.24, 2.45) is 0 Å². The smallest absolute Gasteiger partial charge is 0.258 e. The molecule has 106 valence electrons. The fourth-order valence-electron chi connectivity index (χ4n) is 1.72. The van der Waals surface area contributed by atoms with E-state index < -0.39 is 0 Å². The van der Waals surface area contributed by atoms with Gasteiger partial charge in [-0.05, 0) is 19.9 Å². The summed E-state index contributed by atoms with van der Waals surface area (Å²) in [6, 6.07) is 5.41. The number of hydrogen-bond donors (Lipinski definition) is 2. The summed E-state index contributed by atoms with van der Waals surface area (Å²) in [6.45, 7) is 4.05. The van der Waals surface area contributed by atoms with E-state index >= 15 is 0 Å². The number of methoxy groups -OCH3 is 1. The first-order valence-electron chi connectivity index (χ1n) is 6.18. The standard InChI is InChI=1S/C14H21NO4/c1-10-4-5-13(12(6-10)7-16)19-9-14(17)15-11(2)8-18-3/h4-6,11,16H,7-9H2,1-3H3,(H,15,17). The molecule has 1 rings (SSSR count). The van der Waals surface area contributed by atoms with Crippen molar-refractivity contribution in [2.75, 3.05) is 20.3 Å². The Morgan fingerprint density at radius 2 is 2.21 bits per heavy atom. The van der Waals surface area contributed by atoms with E-state index in [2.05, 4.69) is 5.32 Å². The Bertz CT molecular complexity index is 420. The molecule has 5 nitrogen and oxygen atoms in total. The maximum atomic E-state index is 11.6. The number of aliphatic hydroxyl groups excluding tert-OH is 1. The van der Waals surface area contributed by atoms with Crippen LogP contribution in [0.15, 0.2) is 18.2 Å². The van der Waals surface area contributed by atoms with E-state index in [0.29, 0.717) is 17.9 Å². The quantitative estimate of drug-likeness (QED) is 0.774. The fraction of sp³-hybridized carbons (Fsp3) is 0.500. The molecule has 0 saturated carbocycles. The minimum absolute atomic E-state index is 0.0589. The molecule has 2 N–H and O–H groups in total. The van der Waals surface area contributed by atoms with Gasteiger partial charge < -0.3 is 19.9 Å². The monoisotopic (exact) mass is 267 g/mol. The number of ether oxygens (including phenoxy) is 2. The van der Waals surface area contributed by atoms with Crippen LogP contribution in [0, 0.1) is 6.92 Å². The van der Waals surface area contributed by atoms with Gasteiger partial charge in [0, 0.05) is 18.7 Å². The van der Waals surface area contributed by atoms with Crippen LogP contribution in [0.3, 0.4) is 0 Å². The first-order chi connectivity index (χ1) is 9.06. The van der Waals surface area contributed by atoms with Crippen molar-refractivity contribution in [2.45, 2.75) is 26.5 Å². The first kappa shape index (κ1) is 15.5. The summed E-state index contributed by atoms with van der Waals surface area (Å²) in [5.74, 6) is 0.316. The highest BCUT2D eigenvalue weighted by Gasteiger charge is 2.09. The molecule has 1 amide bonds. The van der Waals surface area contributed by atoms with Gasteiger partial charge in [-0.2, -0.15) is 0 Å². The third-order valence-corrected chi connectivity index (χ3v) is 2.57. The van der Waals surface area contributed by atoms with Crippen LogP contribution in [0.5, 0.6) is 5.75 Å². The number of nitrogens with one attached hydrogen (secondary N) is 1. The van der Waals surface area contributed by atoms with Crippen LogP contribution in [-0.4, -0.2) is 37.4 Å². The summed E-state index contributed by atoms with van der Waals surface area (Å²) >= 11 is 0. The van der Waals surface area contributed by atoms with Crippen LogP contribution >= 0.6 is 0 Å². The highest BCUT2D eigenvalue weighted by molar-refractivity contribution is 5.77. The van der Waals surface area contributed by atoms with Gasteiger partial charge >= 0.3 is 0 Å². The van der Waals surface area contributed by atoms with Crippen LogP contribution in [-0.2, 0) is 16.1 Å². The molecule has 1 atom stereocenters. The molecule has 0 aromatic heterocycles. The van der Waals surface area contributed by atoms with E-state index in [0.717, 1.165) is 5.56 Å². The summed E-state index contributed by atoms with van der Waals surface area (Å²) < 4.78 is 10.3. The molecule has 0 fully saturated rings. The minimum Gasteiger partial charge on any atom is -0.483 e. The van der Waals surface area contributed by atoms with E-state index in [9.17, 15) is 9.90 Å². The average molecular weight is 267 g/mol. The predicted octanol–water partition coefficient (Wildman–Crippen LogP) is 1.02. The zero-order valence-electron chi connectivity index (χ0n) is 11.6. The van der Waals surface area contributed by atoms with Crippen molar-refractivity contribution in [3.05, 3.63) is 29.3 Å². The Morgan fingerprint density at radius 3 is 2.84 bits per heavy atom. The molecule has 0 radical (unpaired) electrons. The average Bonchev–Trinajstić information content (AvgIpc) is 2.37. The second-order valence-electron chi connectivity index (χ2n) is 4.48. The van der Waals surface area contributed by atoms with E-state index in [1.807, 2.05) is 26.0 Å². The summed E-state index contributed by atoms with van der Waals surface area (Å²) in [6.07, 6.45) is 0. The van der Waals surface area contributed by atoms with Crippen LogP contribution < -0.4 is 10.1 Å². The van der Waals surface area contributed by atoms with Crippen LogP contribution in [0.1, 0.15) is 18.1 Å². The lowest BCUT2D eigenvalue weighted by molar-refractivity contribution is -0.124. The lowest BCUT2D eigenvalue weighted by Gasteiger charge is -2.14. The SMILES string of the molecule is COCC(C)NC(=O)COc1ccc(C)cc1CO. The number of carbonyl (C=O) groups is 1. The number of aryl methyl sites for hydroxylation is 1. The molecule has 0 spiro atoms. The van der Waals surface area contributed by atoms with Crippen molar-refractivity contribution < 1.29 is 19.4 Å². The molecule has 0 aliphatic rings. The van der Waals surface area contributed by atoms with Crippen molar-refractivity contribution in [1.29, 1.82) is 0 Å². The number of rotatable bonds is 7. The number of carbonyl (C=O) groups excluding carboxylic acids is 1. The zero-order chi connectivity index (χ0) is 14.3. The van der Waals surface area contributed by atoms with Gasteiger partial charge in [-0.25, -0.2) is 0 Å². The molecule has 0 heterocycles. The number of benzene rings is 1. The Labute approximate surface area is 113 Å². The van der Waals surface area contributed by atoms with Gasteiger partial charge in [0.2, 0.25) is 0 Å². The minimum atomic E-state index is -0.214. The van der Waals surface area contributed by atoms with Crippen LogP contribution in [0.4, 0.5) is 0 Å². The molecular weight excluding hydrogens is 246 g/mol. The fourth-order valence-corrected chi connectivity index (χ4v) is 1.72. The molecule has 1 unspecified atom stereocenters. The molecule has 5 heteroatoms. The van der Waals surface area contributed by atoms with Gasteiger partial charge in [0.15, 0.2) is 6.61 Å². The predicted molar refractivity (Wildman–Crippen MR) is 72.1 cm³/mol.